The van der Waals surface area contributed by atoms with E-state index in [-0.39, 0.29) is 73.6 Å². The molecule has 0 aromatic heterocycles. The van der Waals surface area contributed by atoms with Crippen molar-refractivity contribution < 1.29 is 62.4 Å². The quantitative estimate of drug-likeness (QED) is 0.119. The van der Waals surface area contributed by atoms with Crippen LogP contribution in [0.5, 0.6) is 0 Å². The Labute approximate surface area is 385 Å². The van der Waals surface area contributed by atoms with Gasteiger partial charge in [-0.1, -0.05) is 57.2 Å². The molecule has 9 atom stereocenters. The maximum atomic E-state index is 14.2. The molecule has 2 saturated heterocycles. The van der Waals surface area contributed by atoms with E-state index in [1.807, 2.05) is 51.2 Å². The third kappa shape index (κ3) is 16.2. The molecule has 362 valence electrons. The van der Waals surface area contributed by atoms with Gasteiger partial charge in [0.2, 0.25) is 5.79 Å². The number of Topliss-reactive ketones (excluding diaryl/α,β-unsaturated/α-hetero) is 3. The molecule has 1 saturated carbocycles. The predicted molar refractivity (Wildman–Crippen MR) is 243 cm³/mol. The first kappa shape index (κ1) is 53.3. The van der Waals surface area contributed by atoms with Gasteiger partial charge in [0.05, 0.1) is 12.2 Å². The number of ketones is 3. The molecule has 14 nitrogen and oxygen atoms in total. The second-order valence-corrected chi connectivity index (χ2v) is 19.1. The average molecular weight is 910 g/mol. The van der Waals surface area contributed by atoms with E-state index < -0.39 is 65.8 Å². The van der Waals surface area contributed by atoms with Crippen molar-refractivity contribution >= 4 is 41.2 Å². The van der Waals surface area contributed by atoms with Crippen molar-refractivity contribution in [3.05, 3.63) is 47.6 Å². The molecular weight excluding hydrogens is 835 g/mol. The van der Waals surface area contributed by atoms with Crippen LogP contribution < -0.4 is 0 Å². The highest BCUT2D eigenvalue weighted by Gasteiger charge is 2.53. The molecule has 3 heterocycles. The zero-order chi connectivity index (χ0) is 47.8. The van der Waals surface area contributed by atoms with Gasteiger partial charge in [0.25, 0.3) is 11.7 Å². The van der Waals surface area contributed by atoms with Crippen molar-refractivity contribution in [2.45, 2.75) is 194 Å². The smallest absolute Gasteiger partial charge is 0.329 e. The monoisotopic (exact) mass is 910 g/mol. The fourth-order valence-electron chi connectivity index (χ4n) is 9.58. The van der Waals surface area contributed by atoms with Gasteiger partial charge in [0, 0.05) is 65.0 Å². The fraction of sp³-hybridized carbons (Fsp3) is 0.706. The van der Waals surface area contributed by atoms with E-state index in [4.69, 9.17) is 23.7 Å². The number of aliphatic hydroxyl groups is 1. The highest BCUT2D eigenvalue weighted by Crippen LogP contribution is 2.37. The molecule has 14 heteroatoms. The largest absolute Gasteiger partial charge is 0.463 e. The topological polar surface area (TPSA) is 189 Å². The van der Waals surface area contributed by atoms with Crippen LogP contribution in [0.2, 0.25) is 0 Å². The Kier molecular flexibility index (Phi) is 21.0. The van der Waals surface area contributed by atoms with Gasteiger partial charge in [-0.2, -0.15) is 0 Å². The molecular formula is C51H75NO13. The second kappa shape index (κ2) is 25.6. The minimum Gasteiger partial charge on any atom is -0.463 e. The molecule has 4 aliphatic rings. The minimum absolute atomic E-state index is 0.0421. The van der Waals surface area contributed by atoms with Crippen LogP contribution in [0, 0.1) is 23.7 Å². The number of carbonyl (C=O) groups is 7. The van der Waals surface area contributed by atoms with Crippen LogP contribution in [-0.2, 0) is 57.2 Å². The normalized spacial score (nSPS) is 34.9. The summed E-state index contributed by atoms with van der Waals surface area (Å²) in [7, 11) is 1.58. The van der Waals surface area contributed by atoms with Crippen LogP contribution in [0.25, 0.3) is 0 Å². The van der Waals surface area contributed by atoms with Gasteiger partial charge in [-0.15, -0.1) is 0 Å². The number of piperidine rings is 1. The first-order chi connectivity index (χ1) is 30.8. The zero-order valence-corrected chi connectivity index (χ0v) is 40.1. The highest BCUT2D eigenvalue weighted by atomic mass is 16.6. The number of ether oxygens (including phenoxy) is 5. The highest BCUT2D eigenvalue weighted by molar-refractivity contribution is 6.39. The molecule has 65 heavy (non-hydrogen) atoms. The maximum absolute atomic E-state index is 14.2. The Bertz CT molecular complexity index is 1810. The number of cyclic esters (lactones) is 1. The molecule has 0 spiro atoms. The average Bonchev–Trinajstić information content (AvgIpc) is 3.26. The molecule has 1 amide bonds. The van der Waals surface area contributed by atoms with Crippen LogP contribution in [0.4, 0.5) is 0 Å². The zero-order valence-electron chi connectivity index (χ0n) is 40.1. The Morgan fingerprint density at radius 2 is 1.52 bits per heavy atom. The van der Waals surface area contributed by atoms with Gasteiger partial charge in [0.15, 0.2) is 0 Å². The number of nitrogens with zero attached hydrogens (tertiary/aromatic N) is 1. The minimum atomic E-state index is -2.42. The van der Waals surface area contributed by atoms with Crippen LogP contribution in [-0.4, -0.2) is 107 Å². The summed E-state index contributed by atoms with van der Waals surface area (Å²) in [5, 5.41) is 11.9. The van der Waals surface area contributed by atoms with Crippen molar-refractivity contribution in [1.82, 2.24) is 4.90 Å². The SMILES string of the molecule is CO[C@H]1C[C@@H]2CC[C@@H](C)[C@@](O)(O2)C(=O)C(=O)N2CCCC[C@H]2C(=O)O[C@H](CCC2CCC(OC(C)=O)CC2)CC(=O)C/C=C(\C)[C@@H](OC(C)=O)CC(=O)[C@H](C)C[C@H](C)/C=C/C=CC=C1C. The Hall–Kier alpha value is -4.27. The van der Waals surface area contributed by atoms with Gasteiger partial charge < -0.3 is 33.7 Å². The summed E-state index contributed by atoms with van der Waals surface area (Å²) in [5.41, 5.74) is 1.44. The lowest BCUT2D eigenvalue weighted by molar-refractivity contribution is -0.265. The number of carbonyl (C=O) groups excluding carboxylic acids is 7. The van der Waals surface area contributed by atoms with Gasteiger partial charge in [-0.25, -0.2) is 4.79 Å². The summed E-state index contributed by atoms with van der Waals surface area (Å²) < 4.78 is 29.1. The lowest BCUT2D eigenvalue weighted by Crippen LogP contribution is -2.60. The number of methoxy groups -OCH3 is 1. The van der Waals surface area contributed by atoms with Crippen molar-refractivity contribution in [3.63, 3.8) is 0 Å². The summed E-state index contributed by atoms with van der Waals surface area (Å²) in [5.74, 6) is -7.20. The van der Waals surface area contributed by atoms with E-state index in [2.05, 4.69) is 0 Å². The van der Waals surface area contributed by atoms with Gasteiger partial charge >= 0.3 is 17.9 Å². The molecule has 0 unspecified atom stereocenters. The third-order valence-corrected chi connectivity index (χ3v) is 13.7. The second-order valence-electron chi connectivity index (χ2n) is 19.1. The van der Waals surface area contributed by atoms with Crippen molar-refractivity contribution in [2.75, 3.05) is 13.7 Å². The Balaban J connectivity index is 1.64. The molecule has 0 radical (unpaired) electrons. The van der Waals surface area contributed by atoms with Crippen LogP contribution in [0.1, 0.15) is 151 Å². The summed E-state index contributed by atoms with van der Waals surface area (Å²) >= 11 is 0. The van der Waals surface area contributed by atoms with Gasteiger partial charge in [-0.3, -0.25) is 28.8 Å². The first-order valence-corrected chi connectivity index (χ1v) is 23.9. The van der Waals surface area contributed by atoms with E-state index in [9.17, 15) is 38.7 Å². The van der Waals surface area contributed by atoms with Crippen LogP contribution in [0.15, 0.2) is 47.6 Å². The molecule has 1 N–H and O–H groups in total. The number of hydrogen-bond donors (Lipinski definition) is 1. The van der Waals surface area contributed by atoms with E-state index in [0.717, 1.165) is 18.4 Å². The van der Waals surface area contributed by atoms with Crippen molar-refractivity contribution in [1.29, 1.82) is 0 Å². The molecule has 4 rings (SSSR count). The maximum Gasteiger partial charge on any atom is 0.329 e. The summed E-state index contributed by atoms with van der Waals surface area (Å²) in [4.78, 5) is 94.6. The number of amides is 1. The fourth-order valence-corrected chi connectivity index (χ4v) is 9.58. The number of hydrogen-bond acceptors (Lipinski definition) is 13. The van der Waals surface area contributed by atoms with Crippen molar-refractivity contribution in [2.24, 2.45) is 23.7 Å². The lowest BCUT2D eigenvalue weighted by atomic mass is 9.83. The summed E-state index contributed by atoms with van der Waals surface area (Å²) in [6.45, 7) is 12.0. The molecule has 1 aliphatic carbocycles. The number of fused-ring (bicyclic) bond motifs is 3. The van der Waals surface area contributed by atoms with Crippen LogP contribution in [0.3, 0.4) is 0 Å². The summed E-state index contributed by atoms with van der Waals surface area (Å²) in [6.07, 6.45) is 15.4. The molecule has 3 fully saturated rings. The Morgan fingerprint density at radius 3 is 2.20 bits per heavy atom. The lowest BCUT2D eigenvalue weighted by Gasteiger charge is -2.42. The molecule has 0 aromatic rings. The van der Waals surface area contributed by atoms with E-state index in [1.165, 1.54) is 18.7 Å². The molecule has 0 aromatic carbocycles. The first-order valence-electron chi connectivity index (χ1n) is 23.9. The van der Waals surface area contributed by atoms with E-state index >= 15 is 0 Å². The molecule has 3 aliphatic heterocycles. The van der Waals surface area contributed by atoms with E-state index in [1.54, 1.807) is 27.0 Å². The Morgan fingerprint density at radius 1 is 0.815 bits per heavy atom. The number of allylic oxidation sites excluding steroid dienone is 6. The number of esters is 3. The predicted octanol–water partition coefficient (Wildman–Crippen LogP) is 7.58. The standard InChI is InChI=1S/C51H75NO13/c1-32-14-10-9-11-15-33(2)46(61-8)30-43-23-18-36(5)51(60,65-43)48(57)49(58)52-27-13-12-16-44(52)50(59)64-42(26-21-39-19-24-41(25-20-39)62-37(6)53)29-40(55)22-17-34(3)47(63-38(7)54)31-45(56)35(4)28-32/h9-11,14-15,17,32,35-36,39,41-44,46-47,60H,12-13,16,18-31H2,1-8H3/b11-9?,14-10+,33-15?,34-17+/t32-,35-,36-,39?,41?,42-,43+,44+,46+,47+,51-/m1/s1. The summed E-state index contributed by atoms with van der Waals surface area (Å²) in [6, 6.07) is -1.12. The van der Waals surface area contributed by atoms with Crippen molar-refractivity contribution in [3.8, 4) is 0 Å². The van der Waals surface area contributed by atoms with Gasteiger partial charge in [0.1, 0.15) is 35.9 Å². The molecule has 2 bridgehead atoms. The van der Waals surface area contributed by atoms with Crippen LogP contribution >= 0.6 is 0 Å². The van der Waals surface area contributed by atoms with E-state index in [0.29, 0.717) is 69.8 Å². The third-order valence-electron chi connectivity index (χ3n) is 13.7. The number of rotatable bonds is 6. The van der Waals surface area contributed by atoms with Gasteiger partial charge in [-0.05, 0) is 114 Å².